The van der Waals surface area contributed by atoms with E-state index in [4.69, 9.17) is 52.2 Å². The average Bonchev–Trinajstić information content (AvgIpc) is 2.77. The predicted octanol–water partition coefficient (Wildman–Crippen LogP) is 8.17. The second-order valence-electron chi connectivity index (χ2n) is 6.89. The summed E-state index contributed by atoms with van der Waals surface area (Å²) in [7, 11) is 0. The van der Waals surface area contributed by atoms with Crippen molar-refractivity contribution in [1.82, 2.24) is 0 Å². The highest BCUT2D eigenvalue weighted by atomic mass is 35.5. The number of rotatable bonds is 4. The minimum absolute atomic E-state index is 0.0144. The van der Waals surface area contributed by atoms with E-state index in [1.807, 2.05) is 0 Å². The first-order valence-corrected chi connectivity index (χ1v) is 11.0. The Hall–Kier alpha value is -2.77. The van der Waals surface area contributed by atoms with Gasteiger partial charge in [0.1, 0.15) is 0 Å². The molecule has 3 aromatic rings. The molecule has 6 N–H and O–H groups in total. The van der Waals surface area contributed by atoms with Crippen molar-refractivity contribution in [3.05, 3.63) is 79.2 Å². The number of alkyl halides is 6. The van der Waals surface area contributed by atoms with Crippen LogP contribution in [0.15, 0.2) is 47.6 Å². The fraction of sp³-hybridized carbons (Fsp3) is 0.0952. The minimum Gasteiger partial charge on any atom is -0.504 e. The Labute approximate surface area is 225 Å². The third-order valence-corrected chi connectivity index (χ3v) is 5.47. The zero-order valence-corrected chi connectivity index (χ0v) is 20.8. The highest BCUT2D eigenvalue weighted by Gasteiger charge is 2.32. The highest BCUT2D eigenvalue weighted by Crippen LogP contribution is 2.39. The lowest BCUT2D eigenvalue weighted by molar-refractivity contribution is -0.138. The van der Waals surface area contributed by atoms with Crippen molar-refractivity contribution >= 4 is 64.0 Å². The maximum Gasteiger partial charge on any atom is 0.416 e. The van der Waals surface area contributed by atoms with Gasteiger partial charge in [-0.25, -0.2) is 0 Å². The topological polar surface area (TPSA) is 103 Å². The SMILES string of the molecule is NNc1c(Cl)cc(C(F)(F)F)cc1Cl.Oc1ccc(/C=N/Nc2c(Cl)cc(C(F)(F)F)cc2Cl)cc1O. The monoisotopic (exact) mass is 608 g/mol. The number of hydrazine groups is 1. The summed E-state index contributed by atoms with van der Waals surface area (Å²) in [5.74, 6) is 4.39. The molecule has 3 aromatic carbocycles. The van der Waals surface area contributed by atoms with E-state index in [0.717, 1.165) is 24.3 Å². The molecule has 0 spiro atoms. The lowest BCUT2D eigenvalue weighted by Gasteiger charge is -2.11. The van der Waals surface area contributed by atoms with Gasteiger partial charge in [-0.1, -0.05) is 46.4 Å². The van der Waals surface area contributed by atoms with Crippen molar-refractivity contribution in [3.8, 4) is 11.5 Å². The molecule has 0 atom stereocenters. The van der Waals surface area contributed by atoms with Crippen molar-refractivity contribution in [3.63, 3.8) is 0 Å². The van der Waals surface area contributed by atoms with Gasteiger partial charge in [0.25, 0.3) is 0 Å². The van der Waals surface area contributed by atoms with Crippen LogP contribution >= 0.6 is 46.4 Å². The number of nitrogen functional groups attached to an aromatic ring is 1. The summed E-state index contributed by atoms with van der Waals surface area (Å²) in [5, 5.41) is 21.5. The van der Waals surface area contributed by atoms with Gasteiger partial charge >= 0.3 is 12.4 Å². The average molecular weight is 610 g/mol. The smallest absolute Gasteiger partial charge is 0.416 e. The zero-order chi connectivity index (χ0) is 28.1. The molecule has 0 aliphatic rings. The maximum atomic E-state index is 12.6. The molecule has 0 aromatic heterocycles. The van der Waals surface area contributed by atoms with E-state index in [1.165, 1.54) is 24.4 Å². The molecule has 0 heterocycles. The van der Waals surface area contributed by atoms with Gasteiger partial charge in [0.15, 0.2) is 11.5 Å². The Morgan fingerprint density at radius 1 is 0.703 bits per heavy atom. The third-order valence-electron chi connectivity index (χ3n) is 4.27. The molecule has 3 rings (SSSR count). The molecule has 0 fully saturated rings. The Morgan fingerprint density at radius 3 is 1.51 bits per heavy atom. The Balaban J connectivity index is 0.000000294. The molecule has 37 heavy (non-hydrogen) atoms. The number of nitrogens with zero attached hydrogens (tertiary/aromatic N) is 1. The first-order chi connectivity index (χ1) is 17.0. The van der Waals surface area contributed by atoms with Crippen LogP contribution in [0.4, 0.5) is 37.7 Å². The van der Waals surface area contributed by atoms with E-state index in [9.17, 15) is 36.6 Å². The highest BCUT2D eigenvalue weighted by molar-refractivity contribution is 6.39. The number of hydrogen-bond acceptors (Lipinski definition) is 6. The van der Waals surface area contributed by atoms with Gasteiger partial charge in [0, 0.05) is 0 Å². The second-order valence-corrected chi connectivity index (χ2v) is 8.52. The predicted molar refractivity (Wildman–Crippen MR) is 132 cm³/mol. The third kappa shape index (κ3) is 8.37. The van der Waals surface area contributed by atoms with Crippen LogP contribution in [-0.4, -0.2) is 16.4 Å². The summed E-state index contributed by atoms with van der Waals surface area (Å²) >= 11 is 22.6. The number of phenols is 2. The molecule has 0 radical (unpaired) electrons. The van der Waals surface area contributed by atoms with Crippen LogP contribution in [0.2, 0.25) is 20.1 Å². The number of aromatic hydroxyl groups is 2. The fourth-order valence-corrected chi connectivity index (χ4v) is 3.68. The van der Waals surface area contributed by atoms with Crippen molar-refractivity contribution in [2.45, 2.75) is 12.4 Å². The Bertz CT molecular complexity index is 1260. The number of hydrogen-bond donors (Lipinski definition) is 5. The number of nitrogens with one attached hydrogen (secondary N) is 2. The quantitative estimate of drug-likeness (QED) is 0.0675. The summed E-state index contributed by atoms with van der Waals surface area (Å²) < 4.78 is 74.5. The molecule has 0 amide bonds. The van der Waals surface area contributed by atoms with Crippen LogP contribution in [-0.2, 0) is 12.4 Å². The van der Waals surface area contributed by atoms with Crippen LogP contribution in [0.3, 0.4) is 0 Å². The van der Waals surface area contributed by atoms with Crippen molar-refractivity contribution in [1.29, 1.82) is 0 Å². The van der Waals surface area contributed by atoms with E-state index in [2.05, 4.69) is 16.0 Å². The van der Waals surface area contributed by atoms with Crippen molar-refractivity contribution < 1.29 is 36.6 Å². The zero-order valence-electron chi connectivity index (χ0n) is 17.8. The molecule has 200 valence electrons. The number of hydrazone groups is 1. The van der Waals surface area contributed by atoms with Crippen molar-refractivity contribution in [2.75, 3.05) is 10.9 Å². The molecule has 0 bridgehead atoms. The standard InChI is InChI=1S/C14H9Cl2F3N2O2.C7H5Cl2F3N2/c15-9-4-8(14(17,18)19)5-10(16)13(9)21-20-6-7-1-2-11(22)12(23)3-7;8-4-1-3(7(10,11)12)2-5(9)6(4)14-13/h1-6,21-23H;1-2,14H,13H2/b20-6+;. The van der Waals surface area contributed by atoms with E-state index in [-0.39, 0.29) is 43.0 Å². The molecular weight excluding hydrogens is 596 g/mol. The molecule has 16 heteroatoms. The van der Waals surface area contributed by atoms with Crippen LogP contribution in [0.1, 0.15) is 16.7 Å². The first-order valence-electron chi connectivity index (χ1n) is 9.44. The van der Waals surface area contributed by atoms with Crippen LogP contribution in [0, 0.1) is 0 Å². The van der Waals surface area contributed by atoms with E-state index < -0.39 is 23.5 Å². The minimum atomic E-state index is -4.56. The molecular formula is C21H14Cl4F6N4O2. The van der Waals surface area contributed by atoms with Crippen molar-refractivity contribution in [2.24, 2.45) is 10.9 Å². The largest absolute Gasteiger partial charge is 0.504 e. The lowest BCUT2D eigenvalue weighted by Crippen LogP contribution is -2.10. The summed E-state index contributed by atoms with van der Waals surface area (Å²) in [6.45, 7) is 0. The number of benzene rings is 3. The van der Waals surface area contributed by atoms with Gasteiger partial charge in [-0.05, 0) is 48.0 Å². The maximum absolute atomic E-state index is 12.6. The normalized spacial score (nSPS) is 11.8. The molecule has 0 aliphatic carbocycles. The van der Waals surface area contributed by atoms with Crippen LogP contribution in [0.25, 0.3) is 0 Å². The number of halogens is 10. The summed E-state index contributed by atoms with van der Waals surface area (Å²) in [4.78, 5) is 0. The fourth-order valence-electron chi connectivity index (χ4n) is 2.51. The lowest BCUT2D eigenvalue weighted by atomic mass is 10.2. The number of phenolic OH excluding ortho intramolecular Hbond substituents is 2. The van der Waals surface area contributed by atoms with Crippen LogP contribution in [0.5, 0.6) is 11.5 Å². The molecule has 0 aliphatic heterocycles. The van der Waals surface area contributed by atoms with Crippen LogP contribution < -0.4 is 16.7 Å². The van der Waals surface area contributed by atoms with E-state index >= 15 is 0 Å². The Kier molecular flexibility index (Phi) is 10.0. The van der Waals surface area contributed by atoms with Gasteiger partial charge < -0.3 is 15.6 Å². The molecule has 0 saturated carbocycles. The van der Waals surface area contributed by atoms with Gasteiger partial charge in [-0.2, -0.15) is 31.4 Å². The molecule has 0 saturated heterocycles. The summed E-state index contributed by atoms with van der Waals surface area (Å²) in [5.41, 5.74) is 3.19. The number of anilines is 2. The van der Waals surface area contributed by atoms with E-state index in [0.29, 0.717) is 5.56 Å². The molecule has 6 nitrogen and oxygen atoms in total. The van der Waals surface area contributed by atoms with Gasteiger partial charge in [-0.15, -0.1) is 0 Å². The van der Waals surface area contributed by atoms with E-state index in [1.54, 1.807) is 0 Å². The number of nitrogens with two attached hydrogens (primary N) is 1. The molecule has 0 unspecified atom stereocenters. The Morgan fingerprint density at radius 2 is 1.14 bits per heavy atom. The van der Waals surface area contributed by atoms with Gasteiger partial charge in [-0.3, -0.25) is 11.3 Å². The first kappa shape index (κ1) is 30.5. The summed E-state index contributed by atoms with van der Waals surface area (Å²) in [6.07, 6.45) is -7.76. The second kappa shape index (κ2) is 12.2. The van der Waals surface area contributed by atoms with Gasteiger partial charge in [0.2, 0.25) is 0 Å². The van der Waals surface area contributed by atoms with Gasteiger partial charge in [0.05, 0.1) is 48.8 Å². The summed E-state index contributed by atoms with van der Waals surface area (Å²) in [6, 6.07) is 6.95.